The minimum Gasteiger partial charge on any atom is -0.303 e. The normalized spacial score (nSPS) is 14.6. The molecule has 4 aromatic rings. The molecule has 2 aromatic carbocycles. The molecular formula is C24H24N3+. The second-order valence-electron chi connectivity index (χ2n) is 7.55. The van der Waals surface area contributed by atoms with Crippen LogP contribution >= 0.6 is 0 Å². The van der Waals surface area contributed by atoms with Gasteiger partial charge in [-0.1, -0.05) is 12.1 Å². The molecule has 134 valence electrons. The van der Waals surface area contributed by atoms with Gasteiger partial charge in [-0.3, -0.25) is 0 Å². The molecular weight excluding hydrogens is 330 g/mol. The Kier molecular flexibility index (Phi) is 2.71. The number of imidazole rings is 1. The Morgan fingerprint density at radius 3 is 2.78 bits per heavy atom. The molecule has 0 spiro atoms. The third kappa shape index (κ3) is 2.14. The summed E-state index contributed by atoms with van der Waals surface area (Å²) in [6, 6.07) is 10.6. The van der Waals surface area contributed by atoms with Crippen molar-refractivity contribution < 1.29 is 8.68 Å². The van der Waals surface area contributed by atoms with Crippen molar-refractivity contribution in [3.05, 3.63) is 76.4 Å². The summed E-state index contributed by atoms with van der Waals surface area (Å²) in [5, 5.41) is 1.25. The Bertz CT molecular complexity index is 1350. The fourth-order valence-electron chi connectivity index (χ4n) is 4.53. The maximum atomic E-state index is 8.25. The number of nitrogens with zero attached hydrogens (tertiary/aromatic N) is 3. The SMILES string of the molecule is [2H]C([2H])([2H])c1c(C)c(-c2cc(C)c3c(C)cccc3[n+]2C)cc2c1Cc1nccn1-2. The van der Waals surface area contributed by atoms with Crippen molar-refractivity contribution in [2.45, 2.75) is 34.0 Å². The predicted octanol–water partition coefficient (Wildman–Crippen LogP) is 4.65. The number of hydrogen-bond acceptors (Lipinski definition) is 1. The monoisotopic (exact) mass is 357 g/mol. The van der Waals surface area contributed by atoms with Crippen molar-refractivity contribution >= 4 is 10.9 Å². The van der Waals surface area contributed by atoms with Crippen LogP contribution in [-0.4, -0.2) is 9.55 Å². The van der Waals surface area contributed by atoms with E-state index in [0.717, 1.165) is 39.4 Å². The Morgan fingerprint density at radius 1 is 1.11 bits per heavy atom. The Hall–Kier alpha value is -2.94. The van der Waals surface area contributed by atoms with E-state index in [4.69, 9.17) is 4.11 Å². The molecule has 0 amide bonds. The molecule has 3 heterocycles. The van der Waals surface area contributed by atoms with Crippen molar-refractivity contribution in [3.8, 4) is 16.9 Å². The van der Waals surface area contributed by atoms with Crippen LogP contribution in [0.15, 0.2) is 42.7 Å². The lowest BCUT2D eigenvalue weighted by molar-refractivity contribution is -0.633. The quantitative estimate of drug-likeness (QED) is 0.400. The van der Waals surface area contributed by atoms with Crippen molar-refractivity contribution in [3.63, 3.8) is 0 Å². The van der Waals surface area contributed by atoms with Gasteiger partial charge in [0.15, 0.2) is 0 Å². The van der Waals surface area contributed by atoms with Gasteiger partial charge >= 0.3 is 0 Å². The number of aryl methyl sites for hydroxylation is 3. The van der Waals surface area contributed by atoms with Crippen LogP contribution in [0.25, 0.3) is 27.8 Å². The van der Waals surface area contributed by atoms with Gasteiger partial charge in [-0.25, -0.2) is 4.98 Å². The van der Waals surface area contributed by atoms with E-state index in [0.29, 0.717) is 12.0 Å². The molecule has 27 heavy (non-hydrogen) atoms. The second-order valence-corrected chi connectivity index (χ2v) is 7.55. The van der Waals surface area contributed by atoms with Crippen LogP contribution in [0.3, 0.4) is 0 Å². The van der Waals surface area contributed by atoms with Crippen LogP contribution in [0, 0.1) is 27.6 Å². The van der Waals surface area contributed by atoms with Crippen LogP contribution in [0.1, 0.15) is 37.8 Å². The molecule has 0 fully saturated rings. The highest BCUT2D eigenvalue weighted by Gasteiger charge is 2.26. The minimum absolute atomic E-state index is 0.461. The van der Waals surface area contributed by atoms with Crippen LogP contribution in [0.5, 0.6) is 0 Å². The molecule has 0 aliphatic carbocycles. The molecule has 0 N–H and O–H groups in total. The summed E-state index contributed by atoms with van der Waals surface area (Å²) in [4.78, 5) is 4.42. The van der Waals surface area contributed by atoms with Crippen LogP contribution < -0.4 is 4.57 Å². The van der Waals surface area contributed by atoms with E-state index in [9.17, 15) is 0 Å². The molecule has 3 heteroatoms. The highest BCUT2D eigenvalue weighted by Crippen LogP contribution is 2.37. The van der Waals surface area contributed by atoms with Crippen LogP contribution in [-0.2, 0) is 13.5 Å². The molecule has 2 aromatic heterocycles. The third-order valence-corrected chi connectivity index (χ3v) is 5.98. The van der Waals surface area contributed by atoms with Gasteiger partial charge in [-0.2, -0.15) is 4.57 Å². The lowest BCUT2D eigenvalue weighted by Gasteiger charge is -2.15. The van der Waals surface area contributed by atoms with Crippen molar-refractivity contribution in [1.29, 1.82) is 0 Å². The van der Waals surface area contributed by atoms with E-state index in [1.807, 2.05) is 17.7 Å². The van der Waals surface area contributed by atoms with Crippen LogP contribution in [0.4, 0.5) is 0 Å². The zero-order valence-electron chi connectivity index (χ0n) is 19.1. The summed E-state index contributed by atoms with van der Waals surface area (Å²) in [5.74, 6) is 0.891. The van der Waals surface area contributed by atoms with Gasteiger partial charge in [0.25, 0.3) is 0 Å². The minimum atomic E-state index is -2.19. The summed E-state index contributed by atoms with van der Waals surface area (Å²) in [6.45, 7) is 4.01. The Morgan fingerprint density at radius 2 is 1.96 bits per heavy atom. The highest BCUT2D eigenvalue weighted by molar-refractivity contribution is 5.85. The van der Waals surface area contributed by atoms with Gasteiger partial charge in [0, 0.05) is 35.1 Å². The average Bonchev–Trinajstić information content (AvgIpc) is 3.24. The van der Waals surface area contributed by atoms with E-state index in [1.54, 1.807) is 6.20 Å². The molecule has 1 aliphatic rings. The topological polar surface area (TPSA) is 21.7 Å². The summed E-state index contributed by atoms with van der Waals surface area (Å²) in [7, 11) is 2.06. The first kappa shape index (κ1) is 13.3. The molecule has 0 bridgehead atoms. The summed E-state index contributed by atoms with van der Waals surface area (Å²) in [6.07, 6.45) is 4.24. The van der Waals surface area contributed by atoms with E-state index in [1.165, 1.54) is 16.5 Å². The van der Waals surface area contributed by atoms with E-state index in [2.05, 4.69) is 60.8 Å². The number of benzene rings is 2. The van der Waals surface area contributed by atoms with Gasteiger partial charge in [0.2, 0.25) is 11.2 Å². The summed E-state index contributed by atoms with van der Waals surface area (Å²) < 4.78 is 29.0. The smallest absolute Gasteiger partial charge is 0.213 e. The van der Waals surface area contributed by atoms with Crippen molar-refractivity contribution in [1.82, 2.24) is 9.55 Å². The van der Waals surface area contributed by atoms with E-state index >= 15 is 0 Å². The highest BCUT2D eigenvalue weighted by atomic mass is 15.1. The standard InChI is InChI=1S/C24H24N3/c1-14-7-6-8-20-24(14)15(2)11-21(26(20)5)18-12-22-19(17(4)16(18)3)13-23-25-9-10-27(22)23/h6-12H,13H2,1-5H3/q+1/i4D3. The van der Waals surface area contributed by atoms with Gasteiger partial charge in [0.05, 0.1) is 16.6 Å². The maximum Gasteiger partial charge on any atom is 0.213 e. The molecule has 0 radical (unpaired) electrons. The number of hydrogen-bond donors (Lipinski definition) is 0. The molecule has 5 rings (SSSR count). The average molecular weight is 357 g/mol. The number of rotatable bonds is 1. The molecule has 0 saturated heterocycles. The number of fused-ring (bicyclic) bond motifs is 4. The number of aromatic nitrogens is 3. The largest absolute Gasteiger partial charge is 0.303 e. The predicted molar refractivity (Wildman–Crippen MR) is 109 cm³/mol. The molecule has 0 saturated carbocycles. The van der Waals surface area contributed by atoms with E-state index in [-0.39, 0.29) is 0 Å². The first-order chi connectivity index (χ1) is 14.2. The summed E-state index contributed by atoms with van der Waals surface area (Å²) in [5.41, 5.74) is 8.62. The van der Waals surface area contributed by atoms with Gasteiger partial charge in [-0.15, -0.1) is 0 Å². The zero-order chi connectivity index (χ0) is 21.4. The Labute approximate surface area is 164 Å². The first-order valence-corrected chi connectivity index (χ1v) is 9.27. The summed E-state index contributed by atoms with van der Waals surface area (Å²) >= 11 is 0. The van der Waals surface area contributed by atoms with E-state index < -0.39 is 6.85 Å². The van der Waals surface area contributed by atoms with Crippen molar-refractivity contribution in [2.75, 3.05) is 0 Å². The Balaban J connectivity index is 1.88. The zero-order valence-corrected chi connectivity index (χ0v) is 16.1. The van der Waals surface area contributed by atoms with Gasteiger partial charge in [-0.05, 0) is 61.5 Å². The molecule has 0 atom stereocenters. The van der Waals surface area contributed by atoms with Crippen LogP contribution in [0.2, 0.25) is 0 Å². The molecule has 0 unspecified atom stereocenters. The maximum absolute atomic E-state index is 8.25. The molecule has 3 nitrogen and oxygen atoms in total. The fraction of sp³-hybridized carbons (Fsp3) is 0.250. The van der Waals surface area contributed by atoms with Gasteiger partial charge in [0.1, 0.15) is 12.9 Å². The molecule has 1 aliphatic heterocycles. The lowest BCUT2D eigenvalue weighted by Crippen LogP contribution is -2.33. The second kappa shape index (κ2) is 5.53. The van der Waals surface area contributed by atoms with Gasteiger partial charge < -0.3 is 4.57 Å². The van der Waals surface area contributed by atoms with Crippen molar-refractivity contribution in [2.24, 2.45) is 7.05 Å². The first-order valence-electron chi connectivity index (χ1n) is 10.8. The lowest BCUT2D eigenvalue weighted by atomic mass is 9.92. The third-order valence-electron chi connectivity index (χ3n) is 5.98. The number of pyridine rings is 1. The fourth-order valence-corrected chi connectivity index (χ4v) is 4.53.